The molecule has 0 aromatic heterocycles. The molecule has 0 spiro atoms. The van der Waals surface area contributed by atoms with Crippen LogP contribution in [0.25, 0.3) is 0 Å². The van der Waals surface area contributed by atoms with Gasteiger partial charge in [-0.25, -0.2) is 0 Å². The van der Waals surface area contributed by atoms with Gasteiger partial charge in [-0.05, 0) is 36.6 Å². The van der Waals surface area contributed by atoms with Gasteiger partial charge in [0.2, 0.25) is 0 Å². The van der Waals surface area contributed by atoms with E-state index < -0.39 is 0 Å². The summed E-state index contributed by atoms with van der Waals surface area (Å²) < 4.78 is 10.9. The molecule has 0 radical (unpaired) electrons. The van der Waals surface area contributed by atoms with Gasteiger partial charge in [0.15, 0.2) is 0 Å². The van der Waals surface area contributed by atoms with Crippen LogP contribution in [0.1, 0.15) is 25.0 Å². The van der Waals surface area contributed by atoms with Crippen LogP contribution in [0.2, 0.25) is 0 Å². The molecule has 0 aliphatic heterocycles. The summed E-state index contributed by atoms with van der Waals surface area (Å²) in [5, 5.41) is 8.80. The molecule has 0 bridgehead atoms. The van der Waals surface area contributed by atoms with Crippen molar-refractivity contribution in [3.8, 4) is 11.8 Å². The van der Waals surface area contributed by atoms with Gasteiger partial charge in [-0.2, -0.15) is 5.26 Å². The second-order valence-electron chi connectivity index (χ2n) is 4.41. The van der Waals surface area contributed by atoms with Crippen LogP contribution in [0.4, 0.5) is 0 Å². The molecule has 1 rings (SSSR count). The molecule has 0 saturated heterocycles. The zero-order valence-corrected chi connectivity index (χ0v) is 10.7. The van der Waals surface area contributed by atoms with E-state index in [1.54, 1.807) is 6.07 Å². The SMILES string of the molecule is Cc1cc(OCCOCC(C)C)ccc1C#N. The molecule has 3 heteroatoms. The molecule has 0 atom stereocenters. The Labute approximate surface area is 103 Å². The Morgan fingerprint density at radius 1 is 1.29 bits per heavy atom. The molecule has 0 amide bonds. The second-order valence-corrected chi connectivity index (χ2v) is 4.41. The molecule has 0 heterocycles. The lowest BCUT2D eigenvalue weighted by Gasteiger charge is -2.09. The van der Waals surface area contributed by atoms with Crippen molar-refractivity contribution in [2.24, 2.45) is 5.92 Å². The van der Waals surface area contributed by atoms with Crippen LogP contribution >= 0.6 is 0 Å². The van der Waals surface area contributed by atoms with Crippen LogP contribution < -0.4 is 4.74 Å². The molecule has 0 aliphatic rings. The summed E-state index contributed by atoms with van der Waals surface area (Å²) in [4.78, 5) is 0. The maximum Gasteiger partial charge on any atom is 0.119 e. The Morgan fingerprint density at radius 3 is 2.65 bits per heavy atom. The zero-order valence-electron chi connectivity index (χ0n) is 10.7. The van der Waals surface area contributed by atoms with Gasteiger partial charge in [0.05, 0.1) is 18.2 Å². The first-order valence-electron chi connectivity index (χ1n) is 5.84. The summed E-state index contributed by atoms with van der Waals surface area (Å²) in [5.74, 6) is 1.34. The Kier molecular flexibility index (Phi) is 5.51. The average molecular weight is 233 g/mol. The molecule has 0 unspecified atom stereocenters. The summed E-state index contributed by atoms with van der Waals surface area (Å²) in [6.07, 6.45) is 0. The first-order valence-corrected chi connectivity index (χ1v) is 5.84. The molecule has 0 aliphatic carbocycles. The van der Waals surface area contributed by atoms with Crippen molar-refractivity contribution in [3.63, 3.8) is 0 Å². The monoisotopic (exact) mass is 233 g/mol. The van der Waals surface area contributed by atoms with E-state index in [4.69, 9.17) is 14.7 Å². The number of aryl methyl sites for hydroxylation is 1. The number of hydrogen-bond acceptors (Lipinski definition) is 3. The van der Waals surface area contributed by atoms with Gasteiger partial charge in [0.25, 0.3) is 0 Å². The van der Waals surface area contributed by atoms with Gasteiger partial charge in [-0.15, -0.1) is 0 Å². The van der Waals surface area contributed by atoms with Crippen molar-refractivity contribution in [2.75, 3.05) is 19.8 Å². The Bertz CT molecular complexity index is 394. The van der Waals surface area contributed by atoms with Gasteiger partial charge in [0.1, 0.15) is 12.4 Å². The third kappa shape index (κ3) is 4.88. The summed E-state index contributed by atoms with van der Waals surface area (Å²) in [6, 6.07) is 7.60. The predicted octanol–water partition coefficient (Wildman–Crippen LogP) is 2.92. The molecule has 0 fully saturated rings. The predicted molar refractivity (Wildman–Crippen MR) is 67.0 cm³/mol. The largest absolute Gasteiger partial charge is 0.491 e. The van der Waals surface area contributed by atoms with E-state index in [-0.39, 0.29) is 0 Å². The van der Waals surface area contributed by atoms with E-state index in [1.807, 2.05) is 19.1 Å². The standard InChI is InChI=1S/C14H19NO2/c1-11(2)10-16-6-7-17-14-5-4-13(9-15)12(3)8-14/h4-5,8,11H,6-7,10H2,1-3H3. The first kappa shape index (κ1) is 13.5. The molecule has 0 saturated carbocycles. The second kappa shape index (κ2) is 6.93. The van der Waals surface area contributed by atoms with Gasteiger partial charge >= 0.3 is 0 Å². The molecule has 3 nitrogen and oxygen atoms in total. The minimum atomic E-state index is 0.540. The number of nitrogens with zero attached hydrogens (tertiary/aromatic N) is 1. The fourth-order valence-electron chi connectivity index (χ4n) is 1.39. The van der Waals surface area contributed by atoms with E-state index in [0.29, 0.717) is 24.7 Å². The molecular formula is C14H19NO2. The highest BCUT2D eigenvalue weighted by molar-refractivity contribution is 5.41. The van der Waals surface area contributed by atoms with Crippen molar-refractivity contribution in [2.45, 2.75) is 20.8 Å². The number of benzene rings is 1. The molecule has 0 N–H and O–H groups in total. The van der Waals surface area contributed by atoms with Crippen LogP contribution in [0.15, 0.2) is 18.2 Å². The van der Waals surface area contributed by atoms with E-state index in [2.05, 4.69) is 19.9 Å². The number of rotatable bonds is 6. The molecule has 1 aromatic carbocycles. The minimum absolute atomic E-state index is 0.540. The normalized spacial score (nSPS) is 10.3. The molecule has 17 heavy (non-hydrogen) atoms. The lowest BCUT2D eigenvalue weighted by atomic mass is 10.1. The van der Waals surface area contributed by atoms with Crippen LogP contribution in [0.5, 0.6) is 5.75 Å². The Hall–Kier alpha value is -1.53. The third-order valence-electron chi connectivity index (χ3n) is 2.27. The highest BCUT2D eigenvalue weighted by atomic mass is 16.5. The Balaban J connectivity index is 2.33. The van der Waals surface area contributed by atoms with E-state index >= 15 is 0 Å². The average Bonchev–Trinajstić information content (AvgIpc) is 2.28. The van der Waals surface area contributed by atoms with Crippen molar-refractivity contribution in [3.05, 3.63) is 29.3 Å². The molecule has 92 valence electrons. The van der Waals surface area contributed by atoms with Crippen molar-refractivity contribution in [1.29, 1.82) is 5.26 Å². The summed E-state index contributed by atoms with van der Waals surface area (Å²) in [5.41, 5.74) is 1.63. The fourth-order valence-corrected chi connectivity index (χ4v) is 1.39. The van der Waals surface area contributed by atoms with E-state index in [0.717, 1.165) is 17.9 Å². The topological polar surface area (TPSA) is 42.2 Å². The molecular weight excluding hydrogens is 214 g/mol. The van der Waals surface area contributed by atoms with E-state index in [1.165, 1.54) is 0 Å². The van der Waals surface area contributed by atoms with E-state index in [9.17, 15) is 0 Å². The van der Waals surface area contributed by atoms with Gasteiger partial charge in [0, 0.05) is 6.61 Å². The maximum atomic E-state index is 8.80. The van der Waals surface area contributed by atoms with Crippen molar-refractivity contribution in [1.82, 2.24) is 0 Å². The lowest BCUT2D eigenvalue weighted by Crippen LogP contribution is -2.10. The van der Waals surface area contributed by atoms with Crippen LogP contribution in [0, 0.1) is 24.2 Å². The van der Waals surface area contributed by atoms with Gasteiger partial charge < -0.3 is 9.47 Å². The van der Waals surface area contributed by atoms with Gasteiger partial charge in [-0.3, -0.25) is 0 Å². The smallest absolute Gasteiger partial charge is 0.119 e. The quantitative estimate of drug-likeness (QED) is 0.709. The fraction of sp³-hybridized carbons (Fsp3) is 0.500. The van der Waals surface area contributed by atoms with Crippen LogP contribution in [-0.2, 0) is 4.74 Å². The zero-order chi connectivity index (χ0) is 12.7. The summed E-state index contributed by atoms with van der Waals surface area (Å²) in [6.45, 7) is 8.03. The maximum absolute atomic E-state index is 8.80. The Morgan fingerprint density at radius 2 is 2.06 bits per heavy atom. The first-order chi connectivity index (χ1) is 8.13. The van der Waals surface area contributed by atoms with Crippen LogP contribution in [-0.4, -0.2) is 19.8 Å². The number of hydrogen-bond donors (Lipinski definition) is 0. The number of nitriles is 1. The highest BCUT2D eigenvalue weighted by Gasteiger charge is 2.00. The van der Waals surface area contributed by atoms with Crippen LogP contribution in [0.3, 0.4) is 0 Å². The van der Waals surface area contributed by atoms with Crippen molar-refractivity contribution >= 4 is 0 Å². The van der Waals surface area contributed by atoms with Crippen molar-refractivity contribution < 1.29 is 9.47 Å². The summed E-state index contributed by atoms with van der Waals surface area (Å²) in [7, 11) is 0. The molecule has 1 aromatic rings. The summed E-state index contributed by atoms with van der Waals surface area (Å²) >= 11 is 0. The number of ether oxygens (including phenoxy) is 2. The lowest BCUT2D eigenvalue weighted by molar-refractivity contribution is 0.0819. The highest BCUT2D eigenvalue weighted by Crippen LogP contribution is 2.16. The third-order valence-corrected chi connectivity index (χ3v) is 2.27. The van der Waals surface area contributed by atoms with Gasteiger partial charge in [-0.1, -0.05) is 13.8 Å². The minimum Gasteiger partial charge on any atom is -0.491 e.